The zero-order chi connectivity index (χ0) is 25.0. The highest BCUT2D eigenvalue weighted by Gasteiger charge is 2.57. The third kappa shape index (κ3) is 5.28. The number of β-lactam (4-membered cyclic amide) rings is 1. The van der Waals surface area contributed by atoms with Crippen LogP contribution in [-0.2, 0) is 19.2 Å². The number of aliphatic carboxylic acids is 1. The molecule has 0 saturated carbocycles. The van der Waals surface area contributed by atoms with Crippen LogP contribution in [0.25, 0.3) is 6.08 Å². The molecule has 2 saturated heterocycles. The predicted octanol–water partition coefficient (Wildman–Crippen LogP) is 1.49. The number of carboxylic acids is 1. The maximum atomic E-state index is 12.9. The number of carbonyl (C=O) groups excluding carboxylic acids is 2. The van der Waals surface area contributed by atoms with E-state index in [-0.39, 0.29) is 46.7 Å². The summed E-state index contributed by atoms with van der Waals surface area (Å²) >= 11 is 3.62. The van der Waals surface area contributed by atoms with Gasteiger partial charge in [-0.3, -0.25) is 19.4 Å². The number of nitrogens with two attached hydrogens (primary N) is 1. The fourth-order valence-electron chi connectivity index (χ4n) is 3.46. The summed E-state index contributed by atoms with van der Waals surface area (Å²) in [5.41, 5.74) is 6.68. The summed E-state index contributed by atoms with van der Waals surface area (Å²) in [4.78, 5) is 52.6. The van der Waals surface area contributed by atoms with Crippen molar-refractivity contribution in [2.24, 2.45) is 5.16 Å². The Morgan fingerprint density at radius 3 is 3.00 bits per heavy atom. The highest BCUT2D eigenvalue weighted by atomic mass is 32.2. The van der Waals surface area contributed by atoms with Gasteiger partial charge in [-0.05, 0) is 30.0 Å². The van der Waals surface area contributed by atoms with Gasteiger partial charge in [0.2, 0.25) is 5.91 Å². The fourth-order valence-corrected chi connectivity index (χ4v) is 6.67. The van der Waals surface area contributed by atoms with E-state index in [1.165, 1.54) is 16.7 Å². The van der Waals surface area contributed by atoms with Crippen LogP contribution in [0.4, 0.5) is 5.13 Å². The molecule has 2 aliphatic heterocycles. The molecule has 14 heteroatoms. The summed E-state index contributed by atoms with van der Waals surface area (Å²) in [6.45, 7) is 1.99. The number of nitrogens with zero attached hydrogens (tertiary/aromatic N) is 4. The van der Waals surface area contributed by atoms with E-state index in [0.717, 1.165) is 28.7 Å². The van der Waals surface area contributed by atoms with Gasteiger partial charge < -0.3 is 25.9 Å². The molecule has 2 unspecified atom stereocenters. The lowest BCUT2D eigenvalue weighted by atomic mass is 10.0. The molecule has 2 aromatic heterocycles. The van der Waals surface area contributed by atoms with E-state index in [2.05, 4.69) is 20.4 Å². The number of carbonyl (C=O) groups is 3. The molecule has 2 aromatic rings. The molecule has 4 heterocycles. The molecule has 35 heavy (non-hydrogen) atoms. The summed E-state index contributed by atoms with van der Waals surface area (Å²) in [7, 11) is 0. The number of anilines is 1. The first kappa shape index (κ1) is 25.0. The van der Waals surface area contributed by atoms with Gasteiger partial charge in [0.05, 0.1) is 0 Å². The number of thiazole rings is 1. The highest BCUT2D eigenvalue weighted by Crippen LogP contribution is 2.44. The molecule has 0 aliphatic carbocycles. The van der Waals surface area contributed by atoms with Crippen molar-refractivity contribution in [1.82, 2.24) is 20.2 Å². The third-order valence-electron chi connectivity index (χ3n) is 5.23. The topological polar surface area (TPSA) is 160 Å². The molecule has 0 aromatic carbocycles. The first-order valence-corrected chi connectivity index (χ1v) is 13.3. The Labute approximate surface area is 213 Å². The summed E-state index contributed by atoms with van der Waals surface area (Å²) in [6, 6.07) is 2.84. The van der Waals surface area contributed by atoms with Crippen LogP contribution >= 0.6 is 34.9 Å². The lowest BCUT2D eigenvalue weighted by Crippen LogP contribution is -2.74. The van der Waals surface area contributed by atoms with Gasteiger partial charge in [0.25, 0.3) is 5.91 Å². The summed E-state index contributed by atoms with van der Waals surface area (Å²) in [5.74, 6) is -1.72. The number of pyridine rings is 1. The molecule has 4 N–H and O–H groups in total. The highest BCUT2D eigenvalue weighted by molar-refractivity contribution is 8.06. The second kappa shape index (κ2) is 10.7. The Morgan fingerprint density at radius 1 is 1.51 bits per heavy atom. The Bertz CT molecular complexity index is 1170. The van der Waals surface area contributed by atoms with E-state index in [0.29, 0.717) is 0 Å². The zero-order valence-corrected chi connectivity index (χ0v) is 20.9. The summed E-state index contributed by atoms with van der Waals surface area (Å²) < 4.78 is -1.20. The van der Waals surface area contributed by atoms with Crippen molar-refractivity contribution in [1.29, 1.82) is 0 Å². The van der Waals surface area contributed by atoms with Crippen LogP contribution in [0.3, 0.4) is 0 Å². The molecule has 11 nitrogen and oxygen atoms in total. The molecule has 0 spiro atoms. The first-order valence-electron chi connectivity index (χ1n) is 10.5. The lowest BCUT2D eigenvalue weighted by molar-refractivity contribution is -0.151. The molecule has 0 radical (unpaired) electrons. The first-order chi connectivity index (χ1) is 16.8. The number of thioether (sulfide) groups is 2. The lowest BCUT2D eigenvalue weighted by Gasteiger charge is -2.53. The minimum Gasteiger partial charge on any atom is -0.480 e. The Morgan fingerprint density at radius 2 is 2.34 bits per heavy atom. The number of hydrogen-bond acceptors (Lipinski definition) is 11. The van der Waals surface area contributed by atoms with Crippen molar-refractivity contribution in [3.8, 4) is 0 Å². The molecule has 2 aliphatic rings. The van der Waals surface area contributed by atoms with Crippen LogP contribution < -0.4 is 11.1 Å². The Balaban J connectivity index is 1.42. The number of nitrogen functional groups attached to an aromatic ring is 1. The minimum absolute atomic E-state index is 0.0236. The quantitative estimate of drug-likeness (QED) is 0.244. The maximum absolute atomic E-state index is 12.9. The smallest absolute Gasteiger partial charge is 0.322 e. The van der Waals surface area contributed by atoms with Crippen molar-refractivity contribution >= 4 is 69.6 Å². The minimum atomic E-state index is -1.20. The van der Waals surface area contributed by atoms with Crippen LogP contribution in [-0.4, -0.2) is 78.5 Å². The standard InChI is InChI=1S/C21H22N6O5S3/c1-2-32-26-14(13-9-33-20(22)24-13)16(28)25-15-17(29)27-10-21(19(30)31,11-34-18(15)27)35-7-5-12-4-3-6-23-8-12/h3-9,15,18H,2,10-11H2,1H3,(H2,22,24)(H,25,28)(H,30,31)/t15?,18-,21?/m1/s1. The number of nitrogens with one attached hydrogen (secondary N) is 1. The van der Waals surface area contributed by atoms with Crippen molar-refractivity contribution in [3.05, 3.63) is 46.6 Å². The van der Waals surface area contributed by atoms with E-state index in [9.17, 15) is 19.5 Å². The SMILES string of the molecule is CCON=C(C(=O)NC1C(=O)N2CC(SC=Cc3cccnc3)(C(=O)O)CS[C@H]12)c1csc(N)n1. The molecular formula is C21H22N6O5S3. The molecule has 4 rings (SSSR count). The van der Waals surface area contributed by atoms with E-state index >= 15 is 0 Å². The molecule has 184 valence electrons. The van der Waals surface area contributed by atoms with Gasteiger partial charge in [0, 0.05) is 30.1 Å². The van der Waals surface area contributed by atoms with E-state index < -0.39 is 22.7 Å². The van der Waals surface area contributed by atoms with Gasteiger partial charge in [-0.1, -0.05) is 11.2 Å². The summed E-state index contributed by atoms with van der Waals surface area (Å²) in [6.07, 6.45) is 5.11. The number of fused-ring (bicyclic) bond motifs is 1. The zero-order valence-electron chi connectivity index (χ0n) is 18.5. The number of amides is 2. The summed E-state index contributed by atoms with van der Waals surface area (Å²) in [5, 5.41) is 19.7. The molecule has 2 fully saturated rings. The van der Waals surface area contributed by atoms with Crippen molar-refractivity contribution < 1.29 is 24.3 Å². The van der Waals surface area contributed by atoms with Gasteiger partial charge in [0.15, 0.2) is 10.8 Å². The van der Waals surface area contributed by atoms with Crippen molar-refractivity contribution in [3.63, 3.8) is 0 Å². The third-order valence-corrected chi connectivity index (χ3v) is 8.79. The second-order valence-corrected chi connectivity index (χ2v) is 10.8. The van der Waals surface area contributed by atoms with Crippen LogP contribution in [0.2, 0.25) is 0 Å². The van der Waals surface area contributed by atoms with Gasteiger partial charge in [-0.2, -0.15) is 0 Å². The van der Waals surface area contributed by atoms with E-state index in [4.69, 9.17) is 10.6 Å². The number of rotatable bonds is 9. The van der Waals surface area contributed by atoms with Gasteiger partial charge in [-0.15, -0.1) is 34.9 Å². The number of hydrogen-bond donors (Lipinski definition) is 3. The van der Waals surface area contributed by atoms with E-state index in [1.807, 2.05) is 6.07 Å². The monoisotopic (exact) mass is 534 g/mol. The van der Waals surface area contributed by atoms with Crippen molar-refractivity contribution in [2.75, 3.05) is 24.6 Å². The van der Waals surface area contributed by atoms with Gasteiger partial charge in [-0.25, -0.2) is 4.98 Å². The largest absolute Gasteiger partial charge is 0.480 e. The predicted molar refractivity (Wildman–Crippen MR) is 136 cm³/mol. The second-order valence-electron chi connectivity index (χ2n) is 7.55. The average Bonchev–Trinajstić information content (AvgIpc) is 3.29. The van der Waals surface area contributed by atoms with Crippen LogP contribution in [0, 0.1) is 0 Å². The molecule has 2 amide bonds. The number of oxime groups is 1. The van der Waals surface area contributed by atoms with Gasteiger partial charge in [0.1, 0.15) is 28.5 Å². The number of aromatic nitrogens is 2. The van der Waals surface area contributed by atoms with Gasteiger partial charge >= 0.3 is 5.97 Å². The van der Waals surface area contributed by atoms with Crippen LogP contribution in [0.1, 0.15) is 18.2 Å². The fraction of sp³-hybridized carbons (Fsp3) is 0.333. The van der Waals surface area contributed by atoms with Crippen LogP contribution in [0.15, 0.2) is 40.5 Å². The van der Waals surface area contributed by atoms with Crippen LogP contribution in [0.5, 0.6) is 0 Å². The Hall–Kier alpha value is -3.10. The molecule has 0 bridgehead atoms. The average molecular weight is 535 g/mol. The Kier molecular flexibility index (Phi) is 7.62. The molecule has 3 atom stereocenters. The van der Waals surface area contributed by atoms with E-state index in [1.54, 1.807) is 42.2 Å². The maximum Gasteiger partial charge on any atom is 0.322 e. The molecular weight excluding hydrogens is 512 g/mol. The number of carboxylic acid groups (broad SMARTS) is 1. The van der Waals surface area contributed by atoms with Crippen molar-refractivity contribution in [2.45, 2.75) is 23.1 Å². The normalized spacial score (nSPS) is 24.1.